The summed E-state index contributed by atoms with van der Waals surface area (Å²) >= 11 is 5.70. The number of hydrogen-bond donors (Lipinski definition) is 2. The van der Waals surface area contributed by atoms with Gasteiger partial charge in [-0.05, 0) is 24.1 Å². The molecule has 1 rings (SSSR count). The van der Waals surface area contributed by atoms with Crippen molar-refractivity contribution in [2.45, 2.75) is 18.6 Å². The van der Waals surface area contributed by atoms with Crippen molar-refractivity contribution in [3.05, 3.63) is 34.3 Å². The Balaban J connectivity index is 3.00. The quantitative estimate of drug-likeness (QED) is 0.870. The first-order valence-electron chi connectivity index (χ1n) is 4.59. The van der Waals surface area contributed by atoms with Gasteiger partial charge in [0, 0.05) is 17.7 Å². The molecular weight excluding hydrogens is 243 g/mol. The van der Waals surface area contributed by atoms with Crippen molar-refractivity contribution in [1.29, 1.82) is 0 Å². The van der Waals surface area contributed by atoms with Crippen LogP contribution in [0.25, 0.3) is 0 Å². The lowest BCUT2D eigenvalue weighted by atomic mass is 10.0. The van der Waals surface area contributed by atoms with Crippen LogP contribution in [0.3, 0.4) is 0 Å². The Labute approximate surface area is 95.8 Å². The third-order valence-electron chi connectivity index (χ3n) is 2.17. The Morgan fingerprint density at radius 2 is 2.00 bits per heavy atom. The normalized spacial score (nSPS) is 13.9. The highest BCUT2D eigenvalue weighted by atomic mass is 35.5. The van der Waals surface area contributed by atoms with Crippen molar-refractivity contribution in [2.75, 3.05) is 6.61 Å². The van der Waals surface area contributed by atoms with E-state index in [1.807, 2.05) is 0 Å². The van der Waals surface area contributed by atoms with Gasteiger partial charge in [-0.2, -0.15) is 13.2 Å². The summed E-state index contributed by atoms with van der Waals surface area (Å²) in [7, 11) is 0. The standard InChI is InChI=1S/C10H11ClF3NO/c11-8-5-6(10(12,13)14)1-2-7(8)9(15)3-4-16/h1-2,5,9,16H,3-4,15H2/t9-/m0/s1. The van der Waals surface area contributed by atoms with Gasteiger partial charge >= 0.3 is 6.18 Å². The molecule has 0 aromatic heterocycles. The molecule has 0 radical (unpaired) electrons. The van der Waals surface area contributed by atoms with Gasteiger partial charge in [0.2, 0.25) is 0 Å². The molecule has 0 aliphatic heterocycles. The Bertz CT molecular complexity index is 368. The number of aliphatic hydroxyl groups excluding tert-OH is 1. The van der Waals surface area contributed by atoms with Crippen LogP contribution in [-0.4, -0.2) is 11.7 Å². The molecule has 3 N–H and O–H groups in total. The van der Waals surface area contributed by atoms with Crippen LogP contribution in [0.1, 0.15) is 23.6 Å². The number of alkyl halides is 3. The SMILES string of the molecule is N[C@@H](CCO)c1ccc(C(F)(F)F)cc1Cl. The minimum atomic E-state index is -4.41. The summed E-state index contributed by atoms with van der Waals surface area (Å²) in [6, 6.07) is 2.46. The maximum Gasteiger partial charge on any atom is 0.416 e. The fourth-order valence-electron chi connectivity index (χ4n) is 1.30. The largest absolute Gasteiger partial charge is 0.416 e. The van der Waals surface area contributed by atoms with Crippen LogP contribution in [0.2, 0.25) is 5.02 Å². The van der Waals surface area contributed by atoms with Crippen LogP contribution >= 0.6 is 11.6 Å². The Morgan fingerprint density at radius 3 is 2.44 bits per heavy atom. The van der Waals surface area contributed by atoms with Gasteiger partial charge < -0.3 is 10.8 Å². The maximum atomic E-state index is 12.3. The number of aliphatic hydroxyl groups is 1. The summed E-state index contributed by atoms with van der Waals surface area (Å²) in [5.41, 5.74) is 5.24. The van der Waals surface area contributed by atoms with Gasteiger partial charge in [0.05, 0.1) is 5.56 Å². The first kappa shape index (κ1) is 13.3. The zero-order chi connectivity index (χ0) is 12.3. The van der Waals surface area contributed by atoms with E-state index < -0.39 is 17.8 Å². The van der Waals surface area contributed by atoms with Crippen LogP contribution in [0.5, 0.6) is 0 Å². The second-order valence-electron chi connectivity index (χ2n) is 3.35. The first-order chi connectivity index (χ1) is 7.36. The summed E-state index contributed by atoms with van der Waals surface area (Å²) in [5.74, 6) is 0. The van der Waals surface area contributed by atoms with Crippen molar-refractivity contribution < 1.29 is 18.3 Å². The molecule has 0 aliphatic carbocycles. The third kappa shape index (κ3) is 3.10. The lowest BCUT2D eigenvalue weighted by Crippen LogP contribution is -2.13. The van der Waals surface area contributed by atoms with Crippen LogP contribution in [0.15, 0.2) is 18.2 Å². The van der Waals surface area contributed by atoms with Gasteiger partial charge in [-0.3, -0.25) is 0 Å². The van der Waals surface area contributed by atoms with E-state index in [0.717, 1.165) is 12.1 Å². The monoisotopic (exact) mass is 253 g/mol. The molecule has 0 spiro atoms. The van der Waals surface area contributed by atoms with Gasteiger partial charge in [0.15, 0.2) is 0 Å². The van der Waals surface area contributed by atoms with Crippen LogP contribution in [0.4, 0.5) is 13.2 Å². The number of halogens is 4. The van der Waals surface area contributed by atoms with Gasteiger partial charge in [-0.15, -0.1) is 0 Å². The molecule has 6 heteroatoms. The number of nitrogens with two attached hydrogens (primary N) is 1. The second-order valence-corrected chi connectivity index (χ2v) is 3.76. The Hall–Kier alpha value is -0.780. The molecule has 2 nitrogen and oxygen atoms in total. The van der Waals surface area contributed by atoms with Crippen molar-refractivity contribution >= 4 is 11.6 Å². The van der Waals surface area contributed by atoms with Crippen molar-refractivity contribution in [1.82, 2.24) is 0 Å². The maximum absolute atomic E-state index is 12.3. The van der Waals surface area contributed by atoms with Crippen LogP contribution in [-0.2, 0) is 6.18 Å². The van der Waals surface area contributed by atoms with Gasteiger partial charge in [-0.1, -0.05) is 17.7 Å². The van der Waals surface area contributed by atoms with Crippen molar-refractivity contribution in [3.8, 4) is 0 Å². The summed E-state index contributed by atoms with van der Waals surface area (Å²) in [5, 5.41) is 8.64. The predicted octanol–water partition coefficient (Wildman–Crippen LogP) is 2.74. The smallest absolute Gasteiger partial charge is 0.396 e. The fourth-order valence-corrected chi connectivity index (χ4v) is 1.62. The highest BCUT2D eigenvalue weighted by Crippen LogP contribution is 2.33. The van der Waals surface area contributed by atoms with E-state index in [9.17, 15) is 13.2 Å². The molecule has 0 fully saturated rings. The molecule has 0 aliphatic rings. The van der Waals surface area contributed by atoms with Gasteiger partial charge in [0.1, 0.15) is 0 Å². The molecule has 1 atom stereocenters. The Morgan fingerprint density at radius 1 is 1.38 bits per heavy atom. The van der Waals surface area contributed by atoms with E-state index in [-0.39, 0.29) is 18.1 Å². The highest BCUT2D eigenvalue weighted by Gasteiger charge is 2.31. The van der Waals surface area contributed by atoms with E-state index in [0.29, 0.717) is 5.56 Å². The topological polar surface area (TPSA) is 46.2 Å². The molecule has 1 aromatic rings. The summed E-state index contributed by atoms with van der Waals surface area (Å²) < 4.78 is 37.0. The molecule has 1 aromatic carbocycles. The molecule has 90 valence electrons. The van der Waals surface area contributed by atoms with Crippen LogP contribution in [0, 0.1) is 0 Å². The first-order valence-corrected chi connectivity index (χ1v) is 4.97. The Kier molecular flexibility index (Phi) is 4.18. The number of hydrogen-bond acceptors (Lipinski definition) is 2. The van der Waals surface area contributed by atoms with Crippen LogP contribution < -0.4 is 5.73 Å². The zero-order valence-electron chi connectivity index (χ0n) is 8.26. The van der Waals surface area contributed by atoms with E-state index in [1.165, 1.54) is 6.07 Å². The molecule has 0 saturated carbocycles. The minimum Gasteiger partial charge on any atom is -0.396 e. The van der Waals surface area contributed by atoms with Crippen molar-refractivity contribution in [3.63, 3.8) is 0 Å². The molecule has 0 saturated heterocycles. The lowest BCUT2D eigenvalue weighted by molar-refractivity contribution is -0.137. The fraction of sp³-hybridized carbons (Fsp3) is 0.400. The van der Waals surface area contributed by atoms with E-state index in [2.05, 4.69) is 0 Å². The lowest BCUT2D eigenvalue weighted by Gasteiger charge is -2.14. The summed E-state index contributed by atoms with van der Waals surface area (Å²) in [6.45, 7) is -0.140. The number of rotatable bonds is 3. The summed E-state index contributed by atoms with van der Waals surface area (Å²) in [4.78, 5) is 0. The number of benzene rings is 1. The van der Waals surface area contributed by atoms with Gasteiger partial charge in [-0.25, -0.2) is 0 Å². The second kappa shape index (κ2) is 5.03. The summed E-state index contributed by atoms with van der Waals surface area (Å²) in [6.07, 6.45) is -4.16. The molecule has 0 heterocycles. The van der Waals surface area contributed by atoms with Gasteiger partial charge in [0.25, 0.3) is 0 Å². The third-order valence-corrected chi connectivity index (χ3v) is 2.49. The van der Waals surface area contributed by atoms with E-state index in [4.69, 9.17) is 22.4 Å². The van der Waals surface area contributed by atoms with Crippen molar-refractivity contribution in [2.24, 2.45) is 5.73 Å². The van der Waals surface area contributed by atoms with E-state index >= 15 is 0 Å². The zero-order valence-corrected chi connectivity index (χ0v) is 9.02. The molecule has 0 amide bonds. The average molecular weight is 254 g/mol. The molecular formula is C10H11ClF3NO. The molecule has 0 bridgehead atoms. The predicted molar refractivity (Wildman–Crippen MR) is 55.1 cm³/mol. The average Bonchev–Trinajstić information content (AvgIpc) is 2.16. The van der Waals surface area contributed by atoms with E-state index in [1.54, 1.807) is 0 Å². The molecule has 0 unspecified atom stereocenters. The minimum absolute atomic E-state index is 0.0317. The highest BCUT2D eigenvalue weighted by molar-refractivity contribution is 6.31. The molecule has 16 heavy (non-hydrogen) atoms.